The van der Waals surface area contributed by atoms with Crippen molar-refractivity contribution in [3.8, 4) is 0 Å². The van der Waals surface area contributed by atoms with E-state index in [1.54, 1.807) is 4.90 Å². The van der Waals surface area contributed by atoms with E-state index in [0.717, 1.165) is 10.2 Å². The van der Waals surface area contributed by atoms with Gasteiger partial charge in [-0.15, -0.1) is 0 Å². The number of amides is 2. The number of hydrogen-bond donors (Lipinski definition) is 0. The van der Waals surface area contributed by atoms with Crippen LogP contribution in [0.4, 0.5) is 5.69 Å². The van der Waals surface area contributed by atoms with Crippen LogP contribution in [0.1, 0.15) is 20.3 Å². The molecule has 2 rings (SSSR count). The number of anilines is 1. The van der Waals surface area contributed by atoms with Gasteiger partial charge < -0.3 is 14.5 Å². The predicted octanol–water partition coefficient (Wildman–Crippen LogP) is 2.21. The lowest BCUT2D eigenvalue weighted by Crippen LogP contribution is -2.44. The standard InChI is InChI=1S/C17H21BrN2O4/c1-11(2)19(10-16(22)24-3)17(23)12-7-15(21)20(9-12)14-6-4-5-13(18)8-14/h4-6,8,11-12H,7,9-10H2,1-3H3. The smallest absolute Gasteiger partial charge is 0.325 e. The Morgan fingerprint density at radius 2 is 2.12 bits per heavy atom. The van der Waals surface area contributed by atoms with Crippen molar-refractivity contribution in [2.45, 2.75) is 26.3 Å². The second-order valence-electron chi connectivity index (χ2n) is 6.02. The molecule has 0 aliphatic carbocycles. The number of ether oxygens (including phenoxy) is 1. The van der Waals surface area contributed by atoms with E-state index in [1.807, 2.05) is 38.1 Å². The summed E-state index contributed by atoms with van der Waals surface area (Å²) >= 11 is 3.39. The molecule has 1 atom stereocenters. The van der Waals surface area contributed by atoms with Gasteiger partial charge in [0.05, 0.1) is 13.0 Å². The summed E-state index contributed by atoms with van der Waals surface area (Å²) in [6.07, 6.45) is 0.149. The van der Waals surface area contributed by atoms with Crippen LogP contribution in [0.3, 0.4) is 0 Å². The summed E-state index contributed by atoms with van der Waals surface area (Å²) in [5.41, 5.74) is 0.758. The summed E-state index contributed by atoms with van der Waals surface area (Å²) in [7, 11) is 1.29. The van der Waals surface area contributed by atoms with Gasteiger partial charge in [0, 0.05) is 29.2 Å². The Morgan fingerprint density at radius 3 is 2.71 bits per heavy atom. The van der Waals surface area contributed by atoms with Crippen LogP contribution in [0.5, 0.6) is 0 Å². The van der Waals surface area contributed by atoms with Gasteiger partial charge in [-0.25, -0.2) is 0 Å². The molecular weight excluding hydrogens is 376 g/mol. The summed E-state index contributed by atoms with van der Waals surface area (Å²) < 4.78 is 5.53. The van der Waals surface area contributed by atoms with Gasteiger partial charge in [-0.1, -0.05) is 22.0 Å². The Hall–Kier alpha value is -1.89. The SMILES string of the molecule is COC(=O)CN(C(=O)C1CC(=O)N(c2cccc(Br)c2)C1)C(C)C. The van der Waals surface area contributed by atoms with Crippen molar-refractivity contribution < 1.29 is 19.1 Å². The lowest BCUT2D eigenvalue weighted by molar-refractivity contribution is -0.149. The summed E-state index contributed by atoms with van der Waals surface area (Å²) in [6, 6.07) is 7.26. The molecule has 1 heterocycles. The summed E-state index contributed by atoms with van der Waals surface area (Å²) in [6.45, 7) is 3.89. The number of benzene rings is 1. The van der Waals surface area contributed by atoms with Crippen LogP contribution in [0.2, 0.25) is 0 Å². The van der Waals surface area contributed by atoms with Gasteiger partial charge in [-0.2, -0.15) is 0 Å². The van der Waals surface area contributed by atoms with E-state index < -0.39 is 11.9 Å². The molecule has 0 radical (unpaired) electrons. The van der Waals surface area contributed by atoms with Gasteiger partial charge in [0.2, 0.25) is 11.8 Å². The number of hydrogen-bond acceptors (Lipinski definition) is 4. The molecule has 1 aromatic rings. The van der Waals surface area contributed by atoms with E-state index in [4.69, 9.17) is 0 Å². The highest BCUT2D eigenvalue weighted by Gasteiger charge is 2.38. The number of halogens is 1. The number of rotatable bonds is 5. The van der Waals surface area contributed by atoms with Crippen LogP contribution in [-0.4, -0.2) is 48.9 Å². The first-order valence-corrected chi connectivity index (χ1v) is 8.56. The minimum Gasteiger partial charge on any atom is -0.468 e. The molecule has 0 bridgehead atoms. The summed E-state index contributed by atoms with van der Waals surface area (Å²) in [4.78, 5) is 39.7. The van der Waals surface area contributed by atoms with E-state index >= 15 is 0 Å². The molecule has 0 N–H and O–H groups in total. The molecule has 1 fully saturated rings. The fraction of sp³-hybridized carbons (Fsp3) is 0.471. The zero-order chi connectivity index (χ0) is 17.9. The second kappa shape index (κ2) is 7.79. The maximum atomic E-state index is 12.8. The molecule has 6 nitrogen and oxygen atoms in total. The maximum absolute atomic E-state index is 12.8. The minimum atomic E-state index is -0.467. The van der Waals surface area contributed by atoms with Crippen LogP contribution in [-0.2, 0) is 19.1 Å². The monoisotopic (exact) mass is 396 g/mol. The van der Waals surface area contributed by atoms with Gasteiger partial charge in [0.25, 0.3) is 0 Å². The van der Waals surface area contributed by atoms with Gasteiger partial charge >= 0.3 is 5.97 Å². The average molecular weight is 397 g/mol. The van der Waals surface area contributed by atoms with E-state index in [1.165, 1.54) is 12.0 Å². The molecule has 24 heavy (non-hydrogen) atoms. The number of nitrogens with zero attached hydrogens (tertiary/aromatic N) is 2. The highest BCUT2D eigenvalue weighted by Crippen LogP contribution is 2.28. The van der Waals surface area contributed by atoms with E-state index in [0.29, 0.717) is 6.54 Å². The largest absolute Gasteiger partial charge is 0.468 e. The molecule has 0 spiro atoms. The number of esters is 1. The van der Waals surface area contributed by atoms with Crippen LogP contribution in [0.15, 0.2) is 28.7 Å². The van der Waals surface area contributed by atoms with Crippen molar-refractivity contribution in [1.29, 1.82) is 0 Å². The molecule has 1 aromatic carbocycles. The molecule has 130 valence electrons. The van der Waals surface area contributed by atoms with E-state index in [-0.39, 0.29) is 30.8 Å². The van der Waals surface area contributed by atoms with Crippen molar-refractivity contribution in [2.24, 2.45) is 5.92 Å². The molecular formula is C17H21BrN2O4. The second-order valence-corrected chi connectivity index (χ2v) is 6.94. The Balaban J connectivity index is 2.13. The zero-order valence-electron chi connectivity index (χ0n) is 14.0. The minimum absolute atomic E-state index is 0.0896. The molecule has 1 aliphatic rings. The van der Waals surface area contributed by atoms with Crippen molar-refractivity contribution in [2.75, 3.05) is 25.1 Å². The van der Waals surface area contributed by atoms with Crippen molar-refractivity contribution in [3.63, 3.8) is 0 Å². The van der Waals surface area contributed by atoms with Crippen LogP contribution in [0.25, 0.3) is 0 Å². The lowest BCUT2D eigenvalue weighted by atomic mass is 10.1. The van der Waals surface area contributed by atoms with Crippen LogP contribution >= 0.6 is 15.9 Å². The third kappa shape index (κ3) is 4.14. The molecule has 2 amide bonds. The molecule has 1 aliphatic heterocycles. The van der Waals surface area contributed by atoms with E-state index in [2.05, 4.69) is 20.7 Å². The van der Waals surface area contributed by atoms with Crippen molar-refractivity contribution in [3.05, 3.63) is 28.7 Å². The topological polar surface area (TPSA) is 66.9 Å². The number of carbonyl (C=O) groups is 3. The Morgan fingerprint density at radius 1 is 1.42 bits per heavy atom. The summed E-state index contributed by atoms with van der Waals surface area (Å²) in [5, 5.41) is 0. The summed E-state index contributed by atoms with van der Waals surface area (Å²) in [5.74, 6) is -1.21. The number of methoxy groups -OCH3 is 1. The van der Waals surface area contributed by atoms with Gasteiger partial charge in [0.15, 0.2) is 0 Å². The lowest BCUT2D eigenvalue weighted by Gasteiger charge is -2.28. The normalized spacial score (nSPS) is 17.3. The van der Waals surface area contributed by atoms with Crippen LogP contribution < -0.4 is 4.90 Å². The molecule has 1 unspecified atom stereocenters. The van der Waals surface area contributed by atoms with Crippen molar-refractivity contribution in [1.82, 2.24) is 4.90 Å². The first-order valence-electron chi connectivity index (χ1n) is 7.76. The molecule has 0 saturated carbocycles. The molecule has 7 heteroatoms. The third-order valence-electron chi connectivity index (χ3n) is 4.03. The molecule has 0 aromatic heterocycles. The first kappa shape index (κ1) is 18.4. The number of carbonyl (C=O) groups excluding carboxylic acids is 3. The fourth-order valence-corrected chi connectivity index (χ4v) is 3.11. The van der Waals surface area contributed by atoms with Gasteiger partial charge in [0.1, 0.15) is 6.54 Å². The predicted molar refractivity (Wildman–Crippen MR) is 93.5 cm³/mol. The Bertz CT molecular complexity index is 647. The van der Waals surface area contributed by atoms with E-state index in [9.17, 15) is 14.4 Å². The van der Waals surface area contributed by atoms with Gasteiger partial charge in [-0.3, -0.25) is 14.4 Å². The third-order valence-corrected chi connectivity index (χ3v) is 4.52. The Kier molecular flexibility index (Phi) is 5.99. The molecule has 1 saturated heterocycles. The Labute approximate surface area is 149 Å². The first-order chi connectivity index (χ1) is 11.3. The highest BCUT2D eigenvalue weighted by molar-refractivity contribution is 9.10. The van der Waals surface area contributed by atoms with Crippen LogP contribution in [0, 0.1) is 5.92 Å². The fourth-order valence-electron chi connectivity index (χ4n) is 2.72. The van der Waals surface area contributed by atoms with Crippen molar-refractivity contribution >= 4 is 39.4 Å². The zero-order valence-corrected chi connectivity index (χ0v) is 15.6. The van der Waals surface area contributed by atoms with Gasteiger partial charge in [-0.05, 0) is 32.0 Å². The quantitative estimate of drug-likeness (QED) is 0.715. The average Bonchev–Trinajstić information content (AvgIpc) is 2.93. The maximum Gasteiger partial charge on any atom is 0.325 e. The highest BCUT2D eigenvalue weighted by atomic mass is 79.9.